The van der Waals surface area contributed by atoms with Crippen LogP contribution in [0.4, 0.5) is 8.78 Å². The summed E-state index contributed by atoms with van der Waals surface area (Å²) in [7, 11) is 0. The molecule has 7 nitrogen and oxygen atoms in total. The Hall–Kier alpha value is -2.58. The molecule has 0 spiro atoms. The van der Waals surface area contributed by atoms with Crippen molar-refractivity contribution in [1.29, 1.82) is 0 Å². The van der Waals surface area contributed by atoms with Gasteiger partial charge in [-0.25, -0.2) is 4.99 Å². The Morgan fingerprint density at radius 2 is 2.00 bits per heavy atom. The molecule has 0 radical (unpaired) electrons. The van der Waals surface area contributed by atoms with Crippen LogP contribution >= 0.6 is 0 Å². The van der Waals surface area contributed by atoms with Crippen molar-refractivity contribution in [3.63, 3.8) is 0 Å². The molecular weight excluding hydrogens is 382 g/mol. The molecule has 162 valence electrons. The summed E-state index contributed by atoms with van der Waals surface area (Å²) in [6.07, 6.45) is 2.50. The van der Waals surface area contributed by atoms with Gasteiger partial charge in [-0.05, 0) is 32.8 Å². The second kappa shape index (κ2) is 12.1. The van der Waals surface area contributed by atoms with Crippen LogP contribution in [0.2, 0.25) is 0 Å². The summed E-state index contributed by atoms with van der Waals surface area (Å²) >= 11 is 0. The average Bonchev–Trinajstić information content (AvgIpc) is 3.22. The van der Waals surface area contributed by atoms with E-state index in [1.165, 1.54) is 0 Å². The second-order valence-corrected chi connectivity index (χ2v) is 6.52. The highest BCUT2D eigenvalue weighted by molar-refractivity contribution is 5.81. The van der Waals surface area contributed by atoms with Gasteiger partial charge in [-0.3, -0.25) is 4.79 Å². The Kier molecular flexibility index (Phi) is 9.46. The van der Waals surface area contributed by atoms with Crippen molar-refractivity contribution < 1.29 is 23.0 Å². The molecule has 2 rings (SSSR count). The van der Waals surface area contributed by atoms with E-state index in [0.717, 1.165) is 25.9 Å². The first-order valence-corrected chi connectivity index (χ1v) is 10.0. The van der Waals surface area contributed by atoms with E-state index in [-0.39, 0.29) is 24.0 Å². The van der Waals surface area contributed by atoms with Crippen LogP contribution in [0.15, 0.2) is 23.2 Å². The fourth-order valence-corrected chi connectivity index (χ4v) is 3.10. The van der Waals surface area contributed by atoms with Gasteiger partial charge in [0.05, 0.1) is 13.2 Å². The van der Waals surface area contributed by atoms with Crippen LogP contribution < -0.4 is 20.1 Å². The number of hydrogen-bond donors (Lipinski definition) is 2. The molecule has 1 aromatic carbocycles. The lowest BCUT2D eigenvalue weighted by Gasteiger charge is -2.17. The molecule has 0 atom stereocenters. The molecular formula is C20H30F2N4O3. The van der Waals surface area contributed by atoms with Gasteiger partial charge in [0, 0.05) is 38.2 Å². The third-order valence-corrected chi connectivity index (χ3v) is 4.41. The van der Waals surface area contributed by atoms with E-state index >= 15 is 0 Å². The predicted molar refractivity (Wildman–Crippen MR) is 107 cm³/mol. The van der Waals surface area contributed by atoms with E-state index in [9.17, 15) is 13.6 Å². The molecule has 1 aromatic rings. The molecule has 2 N–H and O–H groups in total. The zero-order chi connectivity index (χ0) is 21.1. The monoisotopic (exact) mass is 412 g/mol. The maximum atomic E-state index is 12.8. The average molecular weight is 412 g/mol. The van der Waals surface area contributed by atoms with E-state index in [1.807, 2.05) is 11.8 Å². The number of carbonyl (C=O) groups excluding carboxylic acids is 1. The molecule has 0 aliphatic carbocycles. The van der Waals surface area contributed by atoms with Crippen molar-refractivity contribution in [2.75, 3.05) is 32.8 Å². The molecule has 1 heterocycles. The van der Waals surface area contributed by atoms with Crippen LogP contribution in [-0.4, -0.2) is 56.2 Å². The summed E-state index contributed by atoms with van der Waals surface area (Å²) in [5.41, 5.74) is 0.488. The standard InChI is InChI=1S/C20H30F2N4O3/c1-3-23-20(24-11-10-17(27)26-12-5-6-13-26)25-14-15-8-7-9-16(28-4-2)18(15)29-19(21)22/h7-9,19H,3-6,10-14H2,1-2H3,(H2,23,24,25). The van der Waals surface area contributed by atoms with Crippen LogP contribution in [0.3, 0.4) is 0 Å². The highest BCUT2D eigenvalue weighted by atomic mass is 19.3. The number of nitrogens with zero attached hydrogens (tertiary/aromatic N) is 2. The van der Waals surface area contributed by atoms with E-state index in [4.69, 9.17) is 4.74 Å². The third-order valence-electron chi connectivity index (χ3n) is 4.41. The quantitative estimate of drug-likeness (QED) is 0.457. The number of benzene rings is 1. The van der Waals surface area contributed by atoms with Crippen LogP contribution in [-0.2, 0) is 11.3 Å². The Bertz CT molecular complexity index is 680. The number of aliphatic imine (C=N–C) groups is 1. The normalized spacial score (nSPS) is 14.2. The van der Waals surface area contributed by atoms with Crippen LogP contribution in [0, 0.1) is 0 Å². The third kappa shape index (κ3) is 7.40. The molecule has 29 heavy (non-hydrogen) atoms. The zero-order valence-corrected chi connectivity index (χ0v) is 17.0. The number of halogens is 2. The van der Waals surface area contributed by atoms with Gasteiger partial charge < -0.3 is 25.0 Å². The number of alkyl halides is 2. The van der Waals surface area contributed by atoms with Gasteiger partial charge in [-0.2, -0.15) is 8.78 Å². The van der Waals surface area contributed by atoms with E-state index in [2.05, 4.69) is 20.4 Å². The van der Waals surface area contributed by atoms with Crippen molar-refractivity contribution in [1.82, 2.24) is 15.5 Å². The van der Waals surface area contributed by atoms with Gasteiger partial charge >= 0.3 is 6.61 Å². The smallest absolute Gasteiger partial charge is 0.387 e. The summed E-state index contributed by atoms with van der Waals surface area (Å²) in [5.74, 6) is 0.886. The summed E-state index contributed by atoms with van der Waals surface area (Å²) in [5, 5.41) is 6.21. The van der Waals surface area contributed by atoms with Crippen LogP contribution in [0.1, 0.15) is 38.7 Å². The second-order valence-electron chi connectivity index (χ2n) is 6.52. The first-order valence-electron chi connectivity index (χ1n) is 10.0. The maximum absolute atomic E-state index is 12.8. The molecule has 1 amide bonds. The number of nitrogens with one attached hydrogen (secondary N) is 2. The lowest BCUT2D eigenvalue weighted by Crippen LogP contribution is -2.39. The lowest BCUT2D eigenvalue weighted by atomic mass is 10.2. The van der Waals surface area contributed by atoms with Crippen molar-refractivity contribution in [3.8, 4) is 11.5 Å². The number of amides is 1. The minimum Gasteiger partial charge on any atom is -0.490 e. The van der Waals surface area contributed by atoms with Gasteiger partial charge in [0.2, 0.25) is 5.91 Å². The Morgan fingerprint density at radius 1 is 1.24 bits per heavy atom. The van der Waals surface area contributed by atoms with Crippen molar-refractivity contribution in [2.24, 2.45) is 4.99 Å². The molecule has 1 aliphatic heterocycles. The molecule has 0 aromatic heterocycles. The summed E-state index contributed by atoms with van der Waals surface area (Å²) in [6.45, 7) is 3.93. The van der Waals surface area contributed by atoms with Crippen LogP contribution in [0.25, 0.3) is 0 Å². The van der Waals surface area contributed by atoms with E-state index in [0.29, 0.717) is 37.6 Å². The summed E-state index contributed by atoms with van der Waals surface area (Å²) in [6, 6.07) is 4.97. The molecule has 0 unspecified atom stereocenters. The van der Waals surface area contributed by atoms with Gasteiger partial charge in [0.15, 0.2) is 17.5 Å². The number of carbonyl (C=O) groups is 1. The Labute approximate surface area is 170 Å². The number of guanidine groups is 1. The Balaban J connectivity index is 2.01. The number of rotatable bonds is 10. The Morgan fingerprint density at radius 3 is 2.66 bits per heavy atom. The van der Waals surface area contributed by atoms with Gasteiger partial charge in [-0.1, -0.05) is 12.1 Å². The fraction of sp³-hybridized carbons (Fsp3) is 0.600. The van der Waals surface area contributed by atoms with Crippen molar-refractivity contribution in [2.45, 2.75) is 46.3 Å². The summed E-state index contributed by atoms with van der Waals surface area (Å²) in [4.78, 5) is 18.4. The molecule has 9 heteroatoms. The van der Waals surface area contributed by atoms with E-state index in [1.54, 1.807) is 25.1 Å². The minimum absolute atomic E-state index is 0.00633. The largest absolute Gasteiger partial charge is 0.490 e. The SMILES string of the molecule is CCNC(=NCc1cccc(OCC)c1OC(F)F)NCCC(=O)N1CCCC1. The number of likely N-dealkylation sites (tertiary alicyclic amines) is 1. The van der Waals surface area contributed by atoms with Crippen molar-refractivity contribution >= 4 is 11.9 Å². The minimum atomic E-state index is -2.96. The number of para-hydroxylation sites is 1. The molecule has 0 bridgehead atoms. The summed E-state index contributed by atoms with van der Waals surface area (Å²) < 4.78 is 35.7. The lowest BCUT2D eigenvalue weighted by molar-refractivity contribution is -0.129. The maximum Gasteiger partial charge on any atom is 0.387 e. The van der Waals surface area contributed by atoms with E-state index < -0.39 is 6.61 Å². The first-order chi connectivity index (χ1) is 14.0. The number of ether oxygens (including phenoxy) is 2. The fourth-order valence-electron chi connectivity index (χ4n) is 3.10. The van der Waals surface area contributed by atoms with Crippen LogP contribution in [0.5, 0.6) is 11.5 Å². The highest BCUT2D eigenvalue weighted by Crippen LogP contribution is 2.33. The molecule has 1 fully saturated rings. The van der Waals surface area contributed by atoms with Gasteiger partial charge in [0.25, 0.3) is 0 Å². The number of hydrogen-bond acceptors (Lipinski definition) is 4. The molecule has 1 saturated heterocycles. The predicted octanol–water partition coefficient (Wildman–Crippen LogP) is 2.75. The topological polar surface area (TPSA) is 75.2 Å². The highest BCUT2D eigenvalue weighted by Gasteiger charge is 2.18. The van der Waals surface area contributed by atoms with Gasteiger partial charge in [0.1, 0.15) is 0 Å². The first kappa shape index (κ1) is 22.7. The van der Waals surface area contributed by atoms with Crippen molar-refractivity contribution in [3.05, 3.63) is 23.8 Å². The zero-order valence-electron chi connectivity index (χ0n) is 17.0. The molecule has 0 saturated carbocycles. The molecule has 1 aliphatic rings. The van der Waals surface area contributed by atoms with Gasteiger partial charge in [-0.15, -0.1) is 0 Å².